The first-order chi connectivity index (χ1) is 14.7. The minimum absolute atomic E-state index is 0.0777. The van der Waals surface area contributed by atoms with Crippen LogP contribution >= 0.6 is 0 Å². The van der Waals surface area contributed by atoms with Crippen molar-refractivity contribution in [1.82, 2.24) is 20.1 Å². The van der Waals surface area contributed by atoms with Crippen LogP contribution in [-0.4, -0.2) is 31.7 Å². The van der Waals surface area contributed by atoms with Crippen molar-refractivity contribution in [1.29, 1.82) is 0 Å². The van der Waals surface area contributed by atoms with Crippen molar-refractivity contribution in [3.63, 3.8) is 0 Å². The van der Waals surface area contributed by atoms with Crippen LogP contribution in [0.4, 0.5) is 0 Å². The maximum Gasteiger partial charge on any atom is 0.325 e. The lowest BCUT2D eigenvalue weighted by Gasteiger charge is -2.23. The summed E-state index contributed by atoms with van der Waals surface area (Å²) in [6.45, 7) is 5.49. The standard InChI is InChI=1S/C22H32N4O5/c1-22(2,3)30-17(27)12-15(11-7-10-14-8-5-4-6-9-14)20-24-18(26-31-20)16-13-23-21(29)25-19(16)28/h13-15H,4-12H2,1-3H3,(H2,23,25,28,29). The SMILES string of the molecule is CC(C)(C)OC(=O)CC(CCCC1CCCCC1)c1nc(-c2c[nH]c(=O)[nH]c2=O)no1. The zero-order valence-electron chi connectivity index (χ0n) is 18.5. The van der Waals surface area contributed by atoms with Gasteiger partial charge in [-0.1, -0.05) is 50.1 Å². The number of aromatic amines is 2. The van der Waals surface area contributed by atoms with Gasteiger partial charge in [0, 0.05) is 12.1 Å². The van der Waals surface area contributed by atoms with Gasteiger partial charge >= 0.3 is 11.7 Å². The van der Waals surface area contributed by atoms with E-state index in [-0.39, 0.29) is 29.7 Å². The van der Waals surface area contributed by atoms with E-state index in [0.29, 0.717) is 5.89 Å². The molecule has 9 heteroatoms. The van der Waals surface area contributed by atoms with Gasteiger partial charge in [0.05, 0.1) is 6.42 Å². The highest BCUT2D eigenvalue weighted by Gasteiger charge is 2.27. The van der Waals surface area contributed by atoms with Gasteiger partial charge in [-0.2, -0.15) is 4.98 Å². The molecule has 2 aromatic rings. The molecule has 9 nitrogen and oxygen atoms in total. The normalized spacial score (nSPS) is 16.2. The lowest BCUT2D eigenvalue weighted by Crippen LogP contribution is -2.25. The van der Waals surface area contributed by atoms with E-state index in [0.717, 1.165) is 25.2 Å². The Morgan fingerprint density at radius 3 is 2.68 bits per heavy atom. The van der Waals surface area contributed by atoms with Crippen molar-refractivity contribution in [2.45, 2.75) is 90.1 Å². The van der Waals surface area contributed by atoms with Crippen LogP contribution in [0.1, 0.15) is 90.4 Å². The molecule has 3 rings (SSSR count). The fourth-order valence-corrected chi connectivity index (χ4v) is 4.11. The summed E-state index contributed by atoms with van der Waals surface area (Å²) in [7, 11) is 0. The van der Waals surface area contributed by atoms with Crippen LogP contribution in [0.2, 0.25) is 0 Å². The van der Waals surface area contributed by atoms with E-state index >= 15 is 0 Å². The van der Waals surface area contributed by atoms with Gasteiger partial charge in [0.1, 0.15) is 11.2 Å². The van der Waals surface area contributed by atoms with Crippen molar-refractivity contribution in [2.75, 3.05) is 0 Å². The van der Waals surface area contributed by atoms with Gasteiger partial charge in [-0.3, -0.25) is 14.6 Å². The van der Waals surface area contributed by atoms with E-state index in [1.807, 2.05) is 20.8 Å². The molecular formula is C22H32N4O5. The number of hydrogen-bond acceptors (Lipinski definition) is 7. The molecule has 2 heterocycles. The van der Waals surface area contributed by atoms with Crippen molar-refractivity contribution in [2.24, 2.45) is 5.92 Å². The molecule has 0 radical (unpaired) electrons. The summed E-state index contributed by atoms with van der Waals surface area (Å²) < 4.78 is 10.9. The van der Waals surface area contributed by atoms with Gasteiger partial charge < -0.3 is 14.2 Å². The Hall–Kier alpha value is -2.71. The lowest BCUT2D eigenvalue weighted by molar-refractivity contribution is -0.155. The highest BCUT2D eigenvalue weighted by atomic mass is 16.6. The molecule has 0 amide bonds. The number of nitrogens with zero attached hydrogens (tertiary/aromatic N) is 2. The summed E-state index contributed by atoms with van der Waals surface area (Å²) in [5.41, 5.74) is -1.68. The van der Waals surface area contributed by atoms with Gasteiger partial charge in [0.2, 0.25) is 11.7 Å². The van der Waals surface area contributed by atoms with E-state index in [4.69, 9.17) is 9.26 Å². The highest BCUT2D eigenvalue weighted by Crippen LogP contribution is 2.32. The molecule has 1 aliphatic carbocycles. The molecule has 0 saturated heterocycles. The molecule has 1 atom stereocenters. The van der Waals surface area contributed by atoms with Crippen LogP contribution in [-0.2, 0) is 9.53 Å². The highest BCUT2D eigenvalue weighted by molar-refractivity contribution is 5.70. The summed E-state index contributed by atoms with van der Waals surface area (Å²) in [6.07, 6.45) is 10.6. The third kappa shape index (κ3) is 6.90. The molecule has 2 aromatic heterocycles. The van der Waals surface area contributed by atoms with Gasteiger partial charge in [0.15, 0.2) is 0 Å². The molecule has 1 aliphatic rings. The molecule has 170 valence electrons. The Morgan fingerprint density at radius 1 is 1.26 bits per heavy atom. The van der Waals surface area contributed by atoms with Gasteiger partial charge in [0.25, 0.3) is 5.56 Å². The van der Waals surface area contributed by atoms with Crippen LogP contribution in [0, 0.1) is 5.92 Å². The van der Waals surface area contributed by atoms with Crippen LogP contribution in [0.3, 0.4) is 0 Å². The summed E-state index contributed by atoms with van der Waals surface area (Å²) in [4.78, 5) is 44.6. The number of hydrogen-bond donors (Lipinski definition) is 2. The van der Waals surface area contributed by atoms with E-state index < -0.39 is 16.9 Å². The van der Waals surface area contributed by atoms with E-state index in [1.165, 1.54) is 38.3 Å². The van der Waals surface area contributed by atoms with E-state index in [9.17, 15) is 14.4 Å². The molecular weight excluding hydrogens is 400 g/mol. The van der Waals surface area contributed by atoms with Crippen LogP contribution in [0.5, 0.6) is 0 Å². The van der Waals surface area contributed by atoms with Gasteiger partial charge in [-0.05, 0) is 33.1 Å². The maximum absolute atomic E-state index is 12.5. The third-order valence-electron chi connectivity index (χ3n) is 5.57. The van der Waals surface area contributed by atoms with E-state index in [2.05, 4.69) is 20.1 Å². The predicted octanol–water partition coefficient (Wildman–Crippen LogP) is 3.68. The number of ether oxygens (including phenoxy) is 1. The summed E-state index contributed by atoms with van der Waals surface area (Å²) in [6, 6.07) is 0. The molecule has 0 bridgehead atoms. The summed E-state index contributed by atoms with van der Waals surface area (Å²) >= 11 is 0. The average Bonchev–Trinajstić information content (AvgIpc) is 3.16. The van der Waals surface area contributed by atoms with Crippen molar-refractivity contribution in [3.05, 3.63) is 32.9 Å². The van der Waals surface area contributed by atoms with Gasteiger partial charge in [-0.25, -0.2) is 4.79 Å². The van der Waals surface area contributed by atoms with Crippen molar-refractivity contribution in [3.8, 4) is 11.4 Å². The number of esters is 1. The number of carbonyl (C=O) groups excluding carboxylic acids is 1. The molecule has 31 heavy (non-hydrogen) atoms. The first-order valence-corrected chi connectivity index (χ1v) is 11.1. The zero-order chi connectivity index (χ0) is 22.4. The number of aromatic nitrogens is 4. The third-order valence-corrected chi connectivity index (χ3v) is 5.57. The van der Waals surface area contributed by atoms with E-state index in [1.54, 1.807) is 0 Å². The van der Waals surface area contributed by atoms with Crippen LogP contribution < -0.4 is 11.2 Å². The molecule has 0 aliphatic heterocycles. The Morgan fingerprint density at radius 2 is 2.00 bits per heavy atom. The monoisotopic (exact) mass is 432 g/mol. The second kappa shape index (κ2) is 10.1. The minimum Gasteiger partial charge on any atom is -0.460 e. The topological polar surface area (TPSA) is 131 Å². The first-order valence-electron chi connectivity index (χ1n) is 11.1. The van der Waals surface area contributed by atoms with Gasteiger partial charge in [-0.15, -0.1) is 0 Å². The number of rotatable bonds is 8. The maximum atomic E-state index is 12.5. The number of carbonyl (C=O) groups is 1. The zero-order valence-corrected chi connectivity index (χ0v) is 18.5. The Kier molecular flexibility index (Phi) is 7.46. The number of nitrogens with one attached hydrogen (secondary N) is 2. The molecule has 1 fully saturated rings. The van der Waals surface area contributed by atoms with Crippen LogP contribution in [0.15, 0.2) is 20.3 Å². The summed E-state index contributed by atoms with van der Waals surface area (Å²) in [5, 5.41) is 3.90. The fourth-order valence-electron chi connectivity index (χ4n) is 4.11. The largest absolute Gasteiger partial charge is 0.460 e. The molecule has 1 unspecified atom stereocenters. The van der Waals surface area contributed by atoms with Crippen molar-refractivity contribution >= 4 is 5.97 Å². The van der Waals surface area contributed by atoms with Crippen molar-refractivity contribution < 1.29 is 14.1 Å². The second-order valence-corrected chi connectivity index (χ2v) is 9.36. The Labute approximate surface area is 181 Å². The second-order valence-electron chi connectivity index (χ2n) is 9.36. The molecule has 0 spiro atoms. The quantitative estimate of drug-likeness (QED) is 0.608. The average molecular weight is 433 g/mol. The molecule has 2 N–H and O–H groups in total. The molecule has 1 saturated carbocycles. The Balaban J connectivity index is 1.73. The predicted molar refractivity (Wildman–Crippen MR) is 115 cm³/mol. The summed E-state index contributed by atoms with van der Waals surface area (Å²) in [5.74, 6) is 0.510. The Bertz CT molecular complexity index is 979. The van der Waals surface area contributed by atoms with Crippen LogP contribution in [0.25, 0.3) is 11.4 Å². The smallest absolute Gasteiger partial charge is 0.325 e. The fraction of sp³-hybridized carbons (Fsp3) is 0.682. The first kappa shape index (κ1) is 23.0. The number of H-pyrrole nitrogens is 2. The lowest BCUT2D eigenvalue weighted by atomic mass is 9.84. The molecule has 0 aromatic carbocycles. The minimum atomic E-state index is -0.608.